The van der Waals surface area contributed by atoms with Gasteiger partial charge in [0.2, 0.25) is 11.8 Å². The fourth-order valence-electron chi connectivity index (χ4n) is 2.50. The van der Waals surface area contributed by atoms with Gasteiger partial charge < -0.3 is 19.7 Å². The number of carbonyl (C=O) groups excluding carboxylic acids is 2. The number of fused-ring (bicyclic) bond motifs is 1. The molecule has 3 rings (SSSR count). The molecule has 1 aliphatic heterocycles. The van der Waals surface area contributed by atoms with Crippen molar-refractivity contribution in [2.24, 2.45) is 0 Å². The van der Waals surface area contributed by atoms with Gasteiger partial charge in [-0.3, -0.25) is 9.59 Å². The molecule has 0 saturated carbocycles. The lowest BCUT2D eigenvalue weighted by molar-refractivity contribution is -0.120. The van der Waals surface area contributed by atoms with Crippen LogP contribution >= 0.6 is 11.6 Å². The van der Waals surface area contributed by atoms with Gasteiger partial charge in [0.1, 0.15) is 25.6 Å². The van der Waals surface area contributed by atoms with Crippen molar-refractivity contribution in [3.8, 4) is 11.5 Å². The van der Waals surface area contributed by atoms with Crippen molar-refractivity contribution in [3.63, 3.8) is 0 Å². The number of hydrogen-bond acceptors (Lipinski definition) is 4. The third kappa shape index (κ3) is 4.05. The maximum Gasteiger partial charge on any atom is 0.244 e. The summed E-state index contributed by atoms with van der Waals surface area (Å²) in [5.41, 5.74) is 0.848. The molecule has 6 nitrogen and oxygen atoms in total. The number of rotatable bonds is 4. The number of benzene rings is 2. The smallest absolute Gasteiger partial charge is 0.244 e. The Kier molecular flexibility index (Phi) is 5.27. The van der Waals surface area contributed by atoms with Crippen molar-refractivity contribution in [2.75, 3.05) is 30.0 Å². The van der Waals surface area contributed by atoms with E-state index in [1.165, 1.54) is 24.0 Å². The molecule has 0 bridgehead atoms. The van der Waals surface area contributed by atoms with Crippen LogP contribution in [0.5, 0.6) is 11.5 Å². The maximum atomic E-state index is 13.3. The summed E-state index contributed by atoms with van der Waals surface area (Å²) in [6, 6.07) is 8.87. The molecule has 0 radical (unpaired) electrons. The Hall–Kier alpha value is -2.80. The van der Waals surface area contributed by atoms with Crippen LogP contribution in [0.4, 0.5) is 15.8 Å². The lowest BCUT2D eigenvalue weighted by atomic mass is 10.2. The molecular weight excluding hydrogens is 363 g/mol. The van der Waals surface area contributed by atoms with E-state index in [2.05, 4.69) is 5.32 Å². The number of anilines is 2. The zero-order valence-corrected chi connectivity index (χ0v) is 14.7. The van der Waals surface area contributed by atoms with Gasteiger partial charge in [0.15, 0.2) is 11.5 Å². The molecular formula is C18H16ClFN2O4. The lowest BCUT2D eigenvalue weighted by Crippen LogP contribution is -2.36. The van der Waals surface area contributed by atoms with Gasteiger partial charge in [0, 0.05) is 24.4 Å². The van der Waals surface area contributed by atoms with Crippen LogP contribution in [0, 0.1) is 5.82 Å². The molecule has 1 aliphatic rings. The first-order chi connectivity index (χ1) is 12.4. The summed E-state index contributed by atoms with van der Waals surface area (Å²) in [6.45, 7) is 1.99. The van der Waals surface area contributed by atoms with Crippen LogP contribution in [0.2, 0.25) is 5.02 Å². The van der Waals surface area contributed by atoms with Gasteiger partial charge in [-0.15, -0.1) is 0 Å². The Bertz CT molecular complexity index is 859. The first-order valence-corrected chi connectivity index (χ1v) is 8.24. The largest absolute Gasteiger partial charge is 0.486 e. The van der Waals surface area contributed by atoms with Crippen LogP contribution in [0.25, 0.3) is 0 Å². The molecule has 0 aromatic heterocycles. The minimum Gasteiger partial charge on any atom is -0.486 e. The second-order valence-electron chi connectivity index (χ2n) is 5.61. The molecule has 0 atom stereocenters. The summed E-state index contributed by atoms with van der Waals surface area (Å²) in [5, 5.41) is 2.57. The highest BCUT2D eigenvalue weighted by atomic mass is 35.5. The second-order valence-corrected chi connectivity index (χ2v) is 6.02. The fraction of sp³-hybridized carbons (Fsp3) is 0.222. The highest BCUT2D eigenvalue weighted by molar-refractivity contribution is 6.31. The quantitative estimate of drug-likeness (QED) is 0.886. The molecule has 2 aromatic rings. The van der Waals surface area contributed by atoms with Gasteiger partial charge in [0.05, 0.1) is 5.02 Å². The van der Waals surface area contributed by atoms with E-state index in [1.807, 2.05) is 0 Å². The van der Waals surface area contributed by atoms with Gasteiger partial charge in [-0.05, 0) is 30.3 Å². The molecule has 26 heavy (non-hydrogen) atoms. The van der Waals surface area contributed by atoms with Crippen molar-refractivity contribution < 1.29 is 23.5 Å². The predicted molar refractivity (Wildman–Crippen MR) is 95.5 cm³/mol. The van der Waals surface area contributed by atoms with Crippen LogP contribution in [-0.4, -0.2) is 31.6 Å². The summed E-state index contributed by atoms with van der Waals surface area (Å²) in [7, 11) is 0. The summed E-state index contributed by atoms with van der Waals surface area (Å²) >= 11 is 5.76. The average molecular weight is 379 g/mol. The van der Waals surface area contributed by atoms with Gasteiger partial charge in [-0.1, -0.05) is 11.6 Å². The van der Waals surface area contributed by atoms with E-state index in [4.69, 9.17) is 21.1 Å². The number of hydrogen-bond donors (Lipinski definition) is 1. The van der Waals surface area contributed by atoms with Crippen LogP contribution in [0.15, 0.2) is 36.4 Å². The van der Waals surface area contributed by atoms with Crippen LogP contribution in [0.1, 0.15) is 6.92 Å². The first-order valence-electron chi connectivity index (χ1n) is 7.86. The van der Waals surface area contributed by atoms with Crippen LogP contribution in [-0.2, 0) is 9.59 Å². The van der Waals surface area contributed by atoms with E-state index in [0.29, 0.717) is 36.1 Å². The average Bonchev–Trinajstić information content (AvgIpc) is 2.62. The number of nitrogens with zero attached hydrogens (tertiary/aromatic N) is 1. The van der Waals surface area contributed by atoms with Crippen LogP contribution < -0.4 is 19.7 Å². The highest BCUT2D eigenvalue weighted by Gasteiger charge is 2.18. The van der Waals surface area contributed by atoms with Gasteiger partial charge in [0.25, 0.3) is 0 Å². The molecule has 2 aromatic carbocycles. The summed E-state index contributed by atoms with van der Waals surface area (Å²) in [4.78, 5) is 25.4. The van der Waals surface area contributed by atoms with Gasteiger partial charge in [-0.2, -0.15) is 0 Å². The second kappa shape index (κ2) is 7.61. The number of amides is 2. The minimum atomic E-state index is -0.598. The zero-order valence-electron chi connectivity index (χ0n) is 13.9. The van der Waals surface area contributed by atoms with E-state index in [-0.39, 0.29) is 17.5 Å². The summed E-state index contributed by atoms with van der Waals surface area (Å²) < 4.78 is 24.2. The number of ether oxygens (including phenoxy) is 2. The molecule has 8 heteroatoms. The molecule has 1 N–H and O–H groups in total. The van der Waals surface area contributed by atoms with E-state index in [9.17, 15) is 14.0 Å². The molecule has 0 spiro atoms. The summed E-state index contributed by atoms with van der Waals surface area (Å²) in [6.07, 6.45) is 0. The van der Waals surface area contributed by atoms with E-state index < -0.39 is 11.7 Å². The Balaban J connectivity index is 1.72. The highest BCUT2D eigenvalue weighted by Crippen LogP contribution is 2.32. The number of nitrogens with one attached hydrogen (secondary N) is 1. The Morgan fingerprint density at radius 1 is 1.15 bits per heavy atom. The maximum absolute atomic E-state index is 13.3. The Morgan fingerprint density at radius 2 is 1.88 bits per heavy atom. The monoisotopic (exact) mass is 378 g/mol. The molecule has 136 valence electrons. The fourth-order valence-corrected chi connectivity index (χ4v) is 2.68. The Labute approximate surface area is 154 Å². The van der Waals surface area contributed by atoms with Crippen molar-refractivity contribution in [3.05, 3.63) is 47.2 Å². The van der Waals surface area contributed by atoms with Gasteiger partial charge >= 0.3 is 0 Å². The SMILES string of the molecule is CC(=O)N(CC(=O)Nc1ccc2c(c1)OCCO2)c1ccc(F)c(Cl)c1. The molecule has 0 aliphatic carbocycles. The number of halogens is 2. The van der Waals surface area contributed by atoms with E-state index in [0.717, 1.165) is 6.07 Å². The normalized spacial score (nSPS) is 12.4. The van der Waals surface area contributed by atoms with Crippen LogP contribution in [0.3, 0.4) is 0 Å². The Morgan fingerprint density at radius 3 is 2.58 bits per heavy atom. The van der Waals surface area contributed by atoms with Crippen molar-refractivity contribution in [2.45, 2.75) is 6.92 Å². The molecule has 0 saturated heterocycles. The third-order valence-corrected chi connectivity index (χ3v) is 4.01. The standard InChI is InChI=1S/C18H16ClFN2O4/c1-11(23)22(13-3-4-15(20)14(19)9-13)10-18(24)21-12-2-5-16-17(8-12)26-7-6-25-16/h2-5,8-9H,6-7,10H2,1H3,(H,21,24). The van der Waals surface area contributed by atoms with E-state index in [1.54, 1.807) is 18.2 Å². The van der Waals surface area contributed by atoms with Crippen molar-refractivity contribution in [1.82, 2.24) is 0 Å². The molecule has 0 unspecified atom stereocenters. The minimum absolute atomic E-state index is 0.124. The lowest BCUT2D eigenvalue weighted by Gasteiger charge is -2.22. The molecule has 1 heterocycles. The van der Waals surface area contributed by atoms with E-state index >= 15 is 0 Å². The molecule has 0 fully saturated rings. The topological polar surface area (TPSA) is 67.9 Å². The van der Waals surface area contributed by atoms with Crippen molar-refractivity contribution in [1.29, 1.82) is 0 Å². The van der Waals surface area contributed by atoms with Gasteiger partial charge in [-0.25, -0.2) is 4.39 Å². The third-order valence-electron chi connectivity index (χ3n) is 3.72. The summed E-state index contributed by atoms with van der Waals surface area (Å²) in [5.74, 6) is -0.231. The predicted octanol–water partition coefficient (Wildman–Crippen LogP) is 3.24. The van der Waals surface area contributed by atoms with Crippen molar-refractivity contribution >= 4 is 34.8 Å². The first kappa shape index (κ1) is 18.0. The molecule has 2 amide bonds. The zero-order chi connectivity index (χ0) is 18.7. The number of carbonyl (C=O) groups is 2.